The number of rotatable bonds is 3. The van der Waals surface area contributed by atoms with Gasteiger partial charge in [0, 0.05) is 11.0 Å². The van der Waals surface area contributed by atoms with Crippen molar-refractivity contribution in [3.63, 3.8) is 0 Å². The number of hydrogen-bond donors (Lipinski definition) is 0. The van der Waals surface area contributed by atoms with Gasteiger partial charge in [-0.1, -0.05) is 71.5 Å². The average molecular weight is 557 g/mol. The van der Waals surface area contributed by atoms with Gasteiger partial charge >= 0.3 is 50.5 Å². The van der Waals surface area contributed by atoms with Crippen LogP contribution in [0.1, 0.15) is 70.4 Å². The molecule has 1 atom stereocenters. The molecule has 0 spiro atoms. The molecule has 2 nitrogen and oxygen atoms in total. The normalized spacial score (nSPS) is 16.6. The third kappa shape index (κ3) is 14.9. The first kappa shape index (κ1) is 41.2. The van der Waals surface area contributed by atoms with Crippen LogP contribution in [0.15, 0.2) is 18.2 Å². The summed E-state index contributed by atoms with van der Waals surface area (Å²) in [6.07, 6.45) is 13.8. The zero-order valence-corrected chi connectivity index (χ0v) is 24.3. The Morgan fingerprint density at radius 2 is 1.47 bits per heavy atom. The van der Waals surface area contributed by atoms with Crippen LogP contribution < -0.4 is 5.32 Å². The predicted octanol–water partition coefficient (Wildman–Crippen LogP) is 7.84. The van der Waals surface area contributed by atoms with E-state index in [0.717, 1.165) is 0 Å². The number of aromatic nitrogens is 1. The molecule has 1 unspecified atom stereocenters. The van der Waals surface area contributed by atoms with Gasteiger partial charge in [0.05, 0.1) is 0 Å². The summed E-state index contributed by atoms with van der Waals surface area (Å²) in [5.74, 6) is 0.599. The summed E-state index contributed by atoms with van der Waals surface area (Å²) >= 11 is -0.181. The molecule has 1 heterocycles. The minimum atomic E-state index is -1.53. The van der Waals surface area contributed by atoms with Crippen LogP contribution in [0.25, 0.3) is 0 Å². The number of nitrogens with zero attached hydrogens (tertiary/aromatic N) is 2. The van der Waals surface area contributed by atoms with E-state index in [4.69, 9.17) is 25.1 Å². The fourth-order valence-corrected chi connectivity index (χ4v) is 4.52. The van der Waals surface area contributed by atoms with Crippen LogP contribution in [0.3, 0.4) is 0 Å². The van der Waals surface area contributed by atoms with Crippen LogP contribution in [0.4, 0.5) is 0 Å². The first-order valence-electron chi connectivity index (χ1n) is 9.31. The van der Waals surface area contributed by atoms with Gasteiger partial charge in [0.25, 0.3) is 0 Å². The van der Waals surface area contributed by atoms with Crippen molar-refractivity contribution in [2.45, 2.75) is 77.8 Å². The molecular weight excluding hydrogens is 511 g/mol. The molecule has 2 aliphatic carbocycles. The van der Waals surface area contributed by atoms with E-state index in [9.17, 15) is 0 Å². The molecule has 7 heteroatoms. The summed E-state index contributed by atoms with van der Waals surface area (Å²) < 4.78 is 2.36. The Balaban J connectivity index is -0.000000138. The van der Waals surface area contributed by atoms with Crippen molar-refractivity contribution in [2.75, 3.05) is 14.1 Å². The summed E-state index contributed by atoms with van der Waals surface area (Å²) in [6, 6.07) is 6.57. The molecular formula is C23H46Cl2CrFeN2Si-2. The minimum Gasteiger partial charge on any atom is 2.00 e. The number of halogens is 2. The second kappa shape index (κ2) is 23.1. The number of hydrogen-bond acceptors (Lipinski definition) is 2. The SMILES string of the molecule is C.C1CCCC1.CN(C)[Si](C)(C)c1cccc(C2[CH-]CCC2)n1.[CH3-].[CH3-].[CH3-].[Cl][Cr][Cl].[Fe+2]. The van der Waals surface area contributed by atoms with Gasteiger partial charge in [-0.05, 0) is 26.2 Å². The molecule has 0 aromatic carbocycles. The number of pyridine rings is 1. The van der Waals surface area contributed by atoms with Gasteiger partial charge in [-0.2, -0.15) is 6.42 Å². The van der Waals surface area contributed by atoms with Crippen LogP contribution in [0, 0.1) is 28.7 Å². The summed E-state index contributed by atoms with van der Waals surface area (Å²) in [6.45, 7) is 4.72. The summed E-state index contributed by atoms with van der Waals surface area (Å²) in [5.41, 5.74) is 1.28. The third-order valence-electron chi connectivity index (χ3n) is 5.32. The zero-order valence-electron chi connectivity index (χ0n) is 19.5. The maximum absolute atomic E-state index is 4.94. The molecule has 0 radical (unpaired) electrons. The zero-order chi connectivity index (χ0) is 18.7. The molecule has 2 aliphatic rings. The second-order valence-electron chi connectivity index (χ2n) is 7.50. The molecule has 0 N–H and O–H groups in total. The van der Waals surface area contributed by atoms with E-state index >= 15 is 0 Å². The maximum atomic E-state index is 4.94. The second-order valence-corrected chi connectivity index (χ2v) is 14.1. The molecule has 0 aliphatic heterocycles. The van der Waals surface area contributed by atoms with E-state index in [1.165, 1.54) is 62.4 Å². The van der Waals surface area contributed by atoms with Gasteiger partial charge in [0.2, 0.25) is 0 Å². The summed E-state index contributed by atoms with van der Waals surface area (Å²) in [5, 5.41) is 1.31. The Kier molecular flexibility index (Phi) is 31.8. The van der Waals surface area contributed by atoms with E-state index in [1.807, 2.05) is 0 Å². The molecule has 2 fully saturated rings. The fraction of sp³-hybridized carbons (Fsp3) is 0.609. The molecule has 0 amide bonds. The Morgan fingerprint density at radius 3 is 1.83 bits per heavy atom. The Bertz CT molecular complexity index is 476. The molecule has 1 aromatic rings. The van der Waals surface area contributed by atoms with Crippen molar-refractivity contribution < 1.29 is 30.4 Å². The molecule has 0 bridgehead atoms. The maximum Gasteiger partial charge on any atom is 2.00 e. The first-order valence-corrected chi connectivity index (χ1v) is 15.8. The monoisotopic (exact) mass is 556 g/mol. The van der Waals surface area contributed by atoms with E-state index in [2.05, 4.69) is 56.4 Å². The van der Waals surface area contributed by atoms with Crippen molar-refractivity contribution in [2.24, 2.45) is 0 Å². The summed E-state index contributed by atoms with van der Waals surface area (Å²) in [7, 11) is 12.5. The van der Waals surface area contributed by atoms with Crippen LogP contribution >= 0.6 is 20.1 Å². The van der Waals surface area contributed by atoms with Gasteiger partial charge in [-0.15, -0.1) is 5.92 Å². The van der Waals surface area contributed by atoms with Crippen LogP contribution in [0.5, 0.6) is 0 Å². The van der Waals surface area contributed by atoms with Gasteiger partial charge in [0.1, 0.15) is 0 Å². The Labute approximate surface area is 217 Å². The van der Waals surface area contributed by atoms with Crippen molar-refractivity contribution in [1.82, 2.24) is 9.55 Å². The molecule has 1 aromatic heterocycles. The topological polar surface area (TPSA) is 16.1 Å². The van der Waals surface area contributed by atoms with Gasteiger partial charge in [-0.3, -0.25) is 4.98 Å². The fourth-order valence-electron chi connectivity index (χ4n) is 3.15. The molecule has 182 valence electrons. The smallest absolute Gasteiger partial charge is 2.00 e. The first-order chi connectivity index (χ1) is 11.9. The van der Waals surface area contributed by atoms with Gasteiger partial charge in [0.15, 0.2) is 8.24 Å². The Morgan fingerprint density at radius 1 is 1.00 bits per heavy atom. The van der Waals surface area contributed by atoms with Crippen LogP contribution in [0.2, 0.25) is 13.1 Å². The largest absolute Gasteiger partial charge is 2.00 e. The van der Waals surface area contributed by atoms with Crippen molar-refractivity contribution >= 4 is 33.7 Å². The predicted molar refractivity (Wildman–Crippen MR) is 137 cm³/mol. The molecule has 2 saturated carbocycles. The van der Waals surface area contributed by atoms with Crippen molar-refractivity contribution in [3.8, 4) is 0 Å². The minimum absolute atomic E-state index is 0. The van der Waals surface area contributed by atoms with Crippen molar-refractivity contribution in [1.29, 1.82) is 0 Å². The van der Waals surface area contributed by atoms with Gasteiger partial charge < -0.3 is 33.3 Å². The van der Waals surface area contributed by atoms with E-state index < -0.39 is 8.24 Å². The van der Waals surface area contributed by atoms with E-state index in [1.54, 1.807) is 0 Å². The quantitative estimate of drug-likeness (QED) is 0.278. The Hall–Kier alpha value is 0.959. The summed E-state index contributed by atoms with van der Waals surface area (Å²) in [4.78, 5) is 4.94. The van der Waals surface area contributed by atoms with Crippen molar-refractivity contribution in [3.05, 3.63) is 52.6 Å². The standard InChI is InChI=1S/C14H23N2Si.C5H10.CH4.3CH3.2ClH.Cr.Fe/c1-16(2)17(3,4)14-11-7-10-13(15-14)12-8-5-6-9-12;1-2-4-5-3-1;;;;;;;;/h7-8,10-12H,5-6,9H2,1-4H3;1-5H2;1H4;3*1H3;2*1H;;/q-1;;;3*-1;;;2*+2/p-2. The average Bonchev–Trinajstić information content (AvgIpc) is 3.32. The molecule has 30 heavy (non-hydrogen) atoms. The third-order valence-corrected chi connectivity index (χ3v) is 9.08. The van der Waals surface area contributed by atoms with E-state index in [0.29, 0.717) is 5.92 Å². The molecule has 0 saturated heterocycles. The van der Waals surface area contributed by atoms with Crippen LogP contribution in [-0.4, -0.2) is 31.9 Å². The van der Waals surface area contributed by atoms with E-state index in [-0.39, 0.29) is 60.2 Å². The van der Waals surface area contributed by atoms with Gasteiger partial charge in [-0.25, -0.2) is 0 Å². The molecule has 3 rings (SSSR count). The van der Waals surface area contributed by atoms with Crippen LogP contribution in [-0.2, 0) is 30.4 Å².